The van der Waals surface area contributed by atoms with Gasteiger partial charge in [-0.15, -0.1) is 23.2 Å². The summed E-state index contributed by atoms with van der Waals surface area (Å²) in [5.74, 6) is -0.201. The van der Waals surface area contributed by atoms with Gasteiger partial charge in [0.15, 0.2) is 0 Å². The molecular formula is C10H18Cl2O2. The third-order valence-electron chi connectivity index (χ3n) is 1.85. The minimum Gasteiger partial charge on any atom is -0.463 e. The summed E-state index contributed by atoms with van der Waals surface area (Å²) < 4.78 is 4.81. The molecule has 14 heavy (non-hydrogen) atoms. The lowest BCUT2D eigenvalue weighted by molar-refractivity contribution is -0.143. The van der Waals surface area contributed by atoms with Crippen LogP contribution in [0.25, 0.3) is 0 Å². The molecule has 0 saturated heterocycles. The number of hydrogen-bond donors (Lipinski definition) is 0. The number of esters is 1. The molecule has 0 N–H and O–H groups in total. The van der Waals surface area contributed by atoms with Crippen molar-refractivity contribution in [3.63, 3.8) is 0 Å². The maximum atomic E-state index is 11.0. The van der Waals surface area contributed by atoms with Crippen molar-refractivity contribution in [2.24, 2.45) is 0 Å². The first kappa shape index (κ1) is 14.1. The summed E-state index contributed by atoms with van der Waals surface area (Å²) in [6.07, 6.45) is 6.11. The Labute approximate surface area is 95.9 Å². The fraction of sp³-hybridized carbons (Fsp3) is 0.900. The summed E-state index contributed by atoms with van der Waals surface area (Å²) in [5, 5.41) is 0. The Morgan fingerprint density at radius 3 is 2.43 bits per heavy atom. The Balaban J connectivity index is 3.18. The van der Waals surface area contributed by atoms with Crippen molar-refractivity contribution in [1.29, 1.82) is 0 Å². The van der Waals surface area contributed by atoms with Gasteiger partial charge in [-0.25, -0.2) is 0 Å². The second kappa shape index (κ2) is 9.60. The summed E-state index contributed by atoms with van der Waals surface area (Å²) >= 11 is 10.8. The van der Waals surface area contributed by atoms with Crippen molar-refractivity contribution in [2.45, 2.75) is 50.3 Å². The number of ether oxygens (including phenoxy) is 1. The van der Waals surface area contributed by atoms with Crippen LogP contribution in [-0.2, 0) is 9.53 Å². The van der Waals surface area contributed by atoms with Gasteiger partial charge >= 0.3 is 5.97 Å². The van der Waals surface area contributed by atoms with Gasteiger partial charge in [-0.05, 0) is 6.42 Å². The average molecular weight is 241 g/mol. The highest BCUT2D eigenvalue weighted by Gasteiger charge is 2.05. The fourth-order valence-electron chi connectivity index (χ4n) is 1.10. The molecule has 0 unspecified atom stereocenters. The third-order valence-corrected chi connectivity index (χ3v) is 2.11. The zero-order valence-electron chi connectivity index (χ0n) is 8.60. The molecule has 0 radical (unpaired) electrons. The molecule has 0 aliphatic rings. The van der Waals surface area contributed by atoms with Crippen LogP contribution in [0, 0.1) is 0 Å². The molecule has 0 atom stereocenters. The van der Waals surface area contributed by atoms with Crippen molar-refractivity contribution in [3.05, 3.63) is 0 Å². The molecule has 4 heteroatoms. The van der Waals surface area contributed by atoms with Crippen LogP contribution in [0.5, 0.6) is 0 Å². The topological polar surface area (TPSA) is 26.3 Å². The van der Waals surface area contributed by atoms with Crippen molar-refractivity contribution >= 4 is 29.2 Å². The van der Waals surface area contributed by atoms with E-state index in [1.54, 1.807) is 0 Å². The minimum atomic E-state index is -0.612. The van der Waals surface area contributed by atoms with Gasteiger partial charge in [0, 0.05) is 6.42 Å². The van der Waals surface area contributed by atoms with Gasteiger partial charge in [-0.2, -0.15) is 0 Å². The number of carbonyl (C=O) groups excluding carboxylic acids is 1. The summed E-state index contributed by atoms with van der Waals surface area (Å²) in [6, 6.07) is 0. The van der Waals surface area contributed by atoms with Crippen molar-refractivity contribution < 1.29 is 9.53 Å². The molecule has 0 aromatic rings. The van der Waals surface area contributed by atoms with E-state index in [4.69, 9.17) is 27.9 Å². The maximum Gasteiger partial charge on any atom is 0.305 e. The van der Waals surface area contributed by atoms with Crippen LogP contribution in [0.2, 0.25) is 0 Å². The molecular weight excluding hydrogens is 223 g/mol. The fourth-order valence-corrected chi connectivity index (χ4v) is 1.23. The van der Waals surface area contributed by atoms with Crippen LogP contribution < -0.4 is 0 Å². The number of unbranched alkanes of at least 4 members (excludes halogenated alkanes) is 4. The van der Waals surface area contributed by atoms with E-state index in [0.717, 1.165) is 12.8 Å². The molecule has 0 rings (SSSR count). The predicted octanol–water partition coefficient (Wildman–Crippen LogP) is 3.69. The maximum absolute atomic E-state index is 11.0. The SMILES string of the molecule is CCCCCCCC(=O)OCC(Cl)Cl. The molecule has 0 aromatic heterocycles. The van der Waals surface area contributed by atoms with Gasteiger partial charge in [0.1, 0.15) is 11.4 Å². The standard InChI is InChI=1S/C10H18Cl2O2/c1-2-3-4-5-6-7-10(13)14-8-9(11)12/h9H,2-8H2,1H3. The molecule has 0 aromatic carbocycles. The van der Waals surface area contributed by atoms with Crippen LogP contribution >= 0.6 is 23.2 Å². The van der Waals surface area contributed by atoms with Crippen molar-refractivity contribution in [2.75, 3.05) is 6.61 Å². The van der Waals surface area contributed by atoms with Gasteiger partial charge in [0.05, 0.1) is 0 Å². The zero-order chi connectivity index (χ0) is 10.8. The van der Waals surface area contributed by atoms with Crippen LogP contribution in [0.1, 0.15) is 45.4 Å². The second-order valence-corrected chi connectivity index (χ2v) is 4.52. The Hall–Kier alpha value is 0.0500. The monoisotopic (exact) mass is 240 g/mol. The van der Waals surface area contributed by atoms with E-state index >= 15 is 0 Å². The second-order valence-electron chi connectivity index (χ2n) is 3.24. The highest BCUT2D eigenvalue weighted by molar-refractivity contribution is 6.44. The molecule has 0 heterocycles. The lowest BCUT2D eigenvalue weighted by Crippen LogP contribution is -2.09. The molecule has 0 bridgehead atoms. The summed E-state index contributed by atoms with van der Waals surface area (Å²) in [6.45, 7) is 2.26. The molecule has 0 fully saturated rings. The Morgan fingerprint density at radius 2 is 1.86 bits per heavy atom. The lowest BCUT2D eigenvalue weighted by Gasteiger charge is -2.04. The molecule has 2 nitrogen and oxygen atoms in total. The van der Waals surface area contributed by atoms with Gasteiger partial charge in [-0.1, -0.05) is 32.6 Å². The number of alkyl halides is 2. The quantitative estimate of drug-likeness (QED) is 0.368. The van der Waals surface area contributed by atoms with Gasteiger partial charge in [0.2, 0.25) is 0 Å². The van der Waals surface area contributed by atoms with E-state index in [0.29, 0.717) is 6.42 Å². The van der Waals surface area contributed by atoms with Crippen molar-refractivity contribution in [1.82, 2.24) is 0 Å². The van der Waals surface area contributed by atoms with Crippen LogP contribution in [0.3, 0.4) is 0 Å². The minimum absolute atomic E-state index is 0.0942. The van der Waals surface area contributed by atoms with Gasteiger partial charge in [-0.3, -0.25) is 4.79 Å². The first-order chi connectivity index (χ1) is 6.66. The van der Waals surface area contributed by atoms with E-state index in [9.17, 15) is 4.79 Å². The smallest absolute Gasteiger partial charge is 0.305 e. The summed E-state index contributed by atoms with van der Waals surface area (Å²) in [5.41, 5.74) is 0. The number of halogens is 2. The van der Waals surface area contributed by atoms with E-state index in [1.807, 2.05) is 0 Å². The highest BCUT2D eigenvalue weighted by atomic mass is 35.5. The van der Waals surface area contributed by atoms with Crippen LogP contribution in [-0.4, -0.2) is 17.4 Å². The molecule has 0 aliphatic carbocycles. The first-order valence-corrected chi connectivity index (χ1v) is 5.98. The number of rotatable bonds is 8. The molecule has 0 saturated carbocycles. The Morgan fingerprint density at radius 1 is 1.21 bits per heavy atom. The third kappa shape index (κ3) is 10.1. The van der Waals surface area contributed by atoms with Gasteiger partial charge in [0.25, 0.3) is 0 Å². The molecule has 0 spiro atoms. The summed E-state index contributed by atoms with van der Waals surface area (Å²) in [4.78, 5) is 10.4. The zero-order valence-corrected chi connectivity index (χ0v) is 10.1. The highest BCUT2D eigenvalue weighted by Crippen LogP contribution is 2.07. The van der Waals surface area contributed by atoms with E-state index in [1.165, 1.54) is 19.3 Å². The van der Waals surface area contributed by atoms with Crippen molar-refractivity contribution in [3.8, 4) is 0 Å². The largest absolute Gasteiger partial charge is 0.463 e. The van der Waals surface area contributed by atoms with E-state index in [2.05, 4.69) is 6.92 Å². The van der Waals surface area contributed by atoms with E-state index in [-0.39, 0.29) is 12.6 Å². The normalized spacial score (nSPS) is 10.6. The predicted molar refractivity (Wildman–Crippen MR) is 59.8 cm³/mol. The molecule has 84 valence electrons. The molecule has 0 amide bonds. The molecule has 0 aliphatic heterocycles. The average Bonchev–Trinajstić information content (AvgIpc) is 2.14. The van der Waals surface area contributed by atoms with E-state index < -0.39 is 4.84 Å². The van der Waals surface area contributed by atoms with Crippen LogP contribution in [0.4, 0.5) is 0 Å². The lowest BCUT2D eigenvalue weighted by atomic mass is 10.1. The van der Waals surface area contributed by atoms with Gasteiger partial charge < -0.3 is 4.74 Å². The summed E-state index contributed by atoms with van der Waals surface area (Å²) in [7, 11) is 0. The number of carbonyl (C=O) groups is 1. The first-order valence-electron chi connectivity index (χ1n) is 5.10. The Bertz CT molecular complexity index is 149. The van der Waals surface area contributed by atoms with Crippen LogP contribution in [0.15, 0.2) is 0 Å². The Kier molecular flexibility index (Phi) is 9.63. The number of hydrogen-bond acceptors (Lipinski definition) is 2.